The monoisotopic (exact) mass is 309 g/mol. The Kier molecular flexibility index (Phi) is 3.82. The molecule has 0 unspecified atom stereocenters. The van der Waals surface area contributed by atoms with E-state index in [-0.39, 0.29) is 5.78 Å². The van der Waals surface area contributed by atoms with Crippen LogP contribution in [0.4, 0.5) is 0 Å². The fraction of sp³-hybridized carbons (Fsp3) is 0.211. The molecule has 1 heterocycles. The van der Waals surface area contributed by atoms with Crippen molar-refractivity contribution in [2.75, 3.05) is 14.2 Å². The molecule has 0 aliphatic heterocycles. The van der Waals surface area contributed by atoms with E-state index < -0.39 is 0 Å². The molecule has 23 heavy (non-hydrogen) atoms. The summed E-state index contributed by atoms with van der Waals surface area (Å²) in [6, 6.07) is 11.6. The van der Waals surface area contributed by atoms with Gasteiger partial charge in [0.25, 0.3) is 0 Å². The van der Waals surface area contributed by atoms with Gasteiger partial charge in [-0.25, -0.2) is 0 Å². The molecular formula is C19H19NO3. The number of ketones is 1. The zero-order valence-corrected chi connectivity index (χ0v) is 13.7. The molecule has 0 spiro atoms. The van der Waals surface area contributed by atoms with Gasteiger partial charge < -0.3 is 14.5 Å². The van der Waals surface area contributed by atoms with Crippen molar-refractivity contribution in [2.24, 2.45) is 0 Å². The van der Waals surface area contributed by atoms with Crippen molar-refractivity contribution in [1.29, 1.82) is 0 Å². The van der Waals surface area contributed by atoms with Gasteiger partial charge in [0.05, 0.1) is 25.5 Å². The molecule has 0 amide bonds. The summed E-state index contributed by atoms with van der Waals surface area (Å²) in [5, 5.41) is 0.928. The van der Waals surface area contributed by atoms with E-state index in [1.807, 2.05) is 43.3 Å². The molecule has 118 valence electrons. The van der Waals surface area contributed by atoms with Crippen LogP contribution in [0.2, 0.25) is 0 Å². The number of ether oxygens (including phenoxy) is 2. The molecule has 3 aromatic rings. The van der Waals surface area contributed by atoms with Crippen LogP contribution in [-0.4, -0.2) is 25.0 Å². The summed E-state index contributed by atoms with van der Waals surface area (Å²) in [6.07, 6.45) is 0. The third kappa shape index (κ3) is 2.57. The summed E-state index contributed by atoms with van der Waals surface area (Å²) in [4.78, 5) is 15.6. The van der Waals surface area contributed by atoms with Gasteiger partial charge in [0, 0.05) is 16.5 Å². The van der Waals surface area contributed by atoms with Gasteiger partial charge in [-0.3, -0.25) is 4.79 Å². The van der Waals surface area contributed by atoms with Crippen LogP contribution in [-0.2, 0) is 0 Å². The first kappa shape index (κ1) is 15.2. The molecule has 0 bridgehead atoms. The normalized spacial score (nSPS) is 10.8. The summed E-state index contributed by atoms with van der Waals surface area (Å²) in [5.41, 5.74) is 4.29. The summed E-state index contributed by atoms with van der Waals surface area (Å²) >= 11 is 0. The maximum atomic E-state index is 12.3. The number of hydrogen-bond donors (Lipinski definition) is 1. The minimum atomic E-state index is 0.0155. The number of hydrogen-bond acceptors (Lipinski definition) is 3. The van der Waals surface area contributed by atoms with E-state index >= 15 is 0 Å². The zero-order valence-electron chi connectivity index (χ0n) is 13.7. The van der Waals surface area contributed by atoms with Crippen molar-refractivity contribution in [3.8, 4) is 22.8 Å². The lowest BCUT2D eigenvalue weighted by atomic mass is 10.0. The fourth-order valence-corrected chi connectivity index (χ4v) is 2.88. The molecule has 2 aromatic carbocycles. The molecule has 1 N–H and O–H groups in total. The summed E-state index contributed by atoms with van der Waals surface area (Å²) < 4.78 is 10.8. The van der Waals surface area contributed by atoms with Crippen LogP contribution in [0.3, 0.4) is 0 Å². The first-order valence-electron chi connectivity index (χ1n) is 7.40. The Bertz CT molecular complexity index is 893. The second-order valence-corrected chi connectivity index (χ2v) is 5.55. The van der Waals surface area contributed by atoms with Crippen molar-refractivity contribution in [3.05, 3.63) is 47.5 Å². The molecule has 0 saturated carbocycles. The minimum absolute atomic E-state index is 0.0155. The highest BCUT2D eigenvalue weighted by Gasteiger charge is 2.20. The highest BCUT2D eigenvalue weighted by molar-refractivity contribution is 6.12. The van der Waals surface area contributed by atoms with E-state index in [9.17, 15) is 4.79 Å². The Hall–Kier alpha value is -2.75. The molecule has 0 radical (unpaired) electrons. The first-order valence-corrected chi connectivity index (χ1v) is 7.40. The number of fused-ring (bicyclic) bond motifs is 1. The molecule has 4 heteroatoms. The van der Waals surface area contributed by atoms with E-state index in [2.05, 4.69) is 4.98 Å². The molecule has 0 aliphatic rings. The van der Waals surface area contributed by atoms with E-state index in [1.165, 1.54) is 0 Å². The van der Waals surface area contributed by atoms with Gasteiger partial charge in [-0.1, -0.05) is 11.6 Å². The van der Waals surface area contributed by atoms with Gasteiger partial charge in [0.15, 0.2) is 5.78 Å². The summed E-state index contributed by atoms with van der Waals surface area (Å²) in [7, 11) is 3.23. The van der Waals surface area contributed by atoms with Crippen LogP contribution in [0.1, 0.15) is 22.8 Å². The average molecular weight is 309 g/mol. The van der Waals surface area contributed by atoms with Crippen LogP contribution in [0.25, 0.3) is 22.2 Å². The van der Waals surface area contributed by atoms with E-state index in [4.69, 9.17) is 9.47 Å². The fourth-order valence-electron chi connectivity index (χ4n) is 2.88. The number of nitrogens with one attached hydrogen (secondary N) is 1. The number of carbonyl (C=O) groups excluding carboxylic acids is 1. The van der Waals surface area contributed by atoms with E-state index in [1.54, 1.807) is 21.1 Å². The van der Waals surface area contributed by atoms with Gasteiger partial charge in [0.1, 0.15) is 11.5 Å². The molecule has 4 nitrogen and oxygen atoms in total. The maximum absolute atomic E-state index is 12.3. The highest BCUT2D eigenvalue weighted by atomic mass is 16.5. The molecule has 3 rings (SSSR count). The number of methoxy groups -OCH3 is 2. The average Bonchev–Trinajstić information content (AvgIpc) is 2.92. The number of aromatic amines is 1. The first-order chi connectivity index (χ1) is 11.0. The third-order valence-corrected chi connectivity index (χ3v) is 3.98. The molecule has 0 atom stereocenters. The van der Waals surface area contributed by atoms with Crippen molar-refractivity contribution in [2.45, 2.75) is 13.8 Å². The van der Waals surface area contributed by atoms with Crippen LogP contribution >= 0.6 is 0 Å². The van der Waals surface area contributed by atoms with Crippen LogP contribution < -0.4 is 9.47 Å². The number of carbonyl (C=O) groups is 1. The standard InChI is InChI=1S/C19H19NO3/c1-11-5-7-16-14(9-11)18(12(2)21)19(20-16)15-10-13(22-3)6-8-17(15)23-4/h5-10,20H,1-4H3. The largest absolute Gasteiger partial charge is 0.497 e. The quantitative estimate of drug-likeness (QED) is 0.728. The smallest absolute Gasteiger partial charge is 0.162 e. The van der Waals surface area contributed by atoms with Gasteiger partial charge in [0.2, 0.25) is 0 Å². The van der Waals surface area contributed by atoms with Crippen LogP contribution in [0.5, 0.6) is 11.5 Å². The molecule has 0 fully saturated rings. The number of H-pyrrole nitrogens is 1. The number of benzene rings is 2. The Morgan fingerprint density at radius 2 is 1.83 bits per heavy atom. The summed E-state index contributed by atoms with van der Waals surface area (Å²) in [5.74, 6) is 1.42. The second-order valence-electron chi connectivity index (χ2n) is 5.55. The third-order valence-electron chi connectivity index (χ3n) is 3.98. The number of aromatic nitrogens is 1. The lowest BCUT2D eigenvalue weighted by Gasteiger charge is -2.10. The Morgan fingerprint density at radius 1 is 1.04 bits per heavy atom. The lowest BCUT2D eigenvalue weighted by molar-refractivity contribution is 0.102. The van der Waals surface area contributed by atoms with Crippen LogP contribution in [0.15, 0.2) is 36.4 Å². The van der Waals surface area contributed by atoms with Gasteiger partial charge in [-0.15, -0.1) is 0 Å². The highest BCUT2D eigenvalue weighted by Crippen LogP contribution is 2.38. The Balaban J connectivity index is 2.36. The van der Waals surface area contributed by atoms with Gasteiger partial charge in [-0.05, 0) is 44.2 Å². The maximum Gasteiger partial charge on any atom is 0.162 e. The SMILES string of the molecule is COc1ccc(OC)c(-c2[nH]c3ccc(C)cc3c2C(C)=O)c1. The van der Waals surface area contributed by atoms with Crippen molar-refractivity contribution >= 4 is 16.7 Å². The lowest BCUT2D eigenvalue weighted by Crippen LogP contribution is -1.97. The Labute approximate surface area is 135 Å². The van der Waals surface area contributed by atoms with E-state index in [0.29, 0.717) is 17.1 Å². The zero-order chi connectivity index (χ0) is 16.6. The molecule has 0 aliphatic carbocycles. The predicted octanol–water partition coefficient (Wildman–Crippen LogP) is 4.36. The topological polar surface area (TPSA) is 51.3 Å². The summed E-state index contributed by atoms with van der Waals surface area (Å²) in [6.45, 7) is 3.60. The molecular weight excluding hydrogens is 290 g/mol. The van der Waals surface area contributed by atoms with E-state index in [0.717, 1.165) is 27.7 Å². The number of aryl methyl sites for hydroxylation is 1. The Morgan fingerprint density at radius 3 is 2.48 bits per heavy atom. The number of rotatable bonds is 4. The van der Waals surface area contributed by atoms with Crippen molar-refractivity contribution in [1.82, 2.24) is 4.98 Å². The van der Waals surface area contributed by atoms with Crippen LogP contribution in [0, 0.1) is 6.92 Å². The van der Waals surface area contributed by atoms with Crippen molar-refractivity contribution < 1.29 is 14.3 Å². The molecule has 0 saturated heterocycles. The number of Topliss-reactive ketones (excluding diaryl/α,β-unsaturated/α-hetero) is 1. The van der Waals surface area contributed by atoms with Gasteiger partial charge >= 0.3 is 0 Å². The van der Waals surface area contributed by atoms with Crippen molar-refractivity contribution in [3.63, 3.8) is 0 Å². The minimum Gasteiger partial charge on any atom is -0.497 e. The second kappa shape index (κ2) is 5.80. The molecule has 1 aromatic heterocycles. The van der Waals surface area contributed by atoms with Gasteiger partial charge in [-0.2, -0.15) is 0 Å². The predicted molar refractivity (Wildman–Crippen MR) is 91.6 cm³/mol.